The number of rotatable bonds is 8. The first-order valence-electron chi connectivity index (χ1n) is 10.4. The molecule has 6 heteroatoms. The van der Waals surface area contributed by atoms with Crippen LogP contribution in [0, 0.1) is 5.92 Å². The van der Waals surface area contributed by atoms with Crippen molar-refractivity contribution < 1.29 is 9.59 Å². The van der Waals surface area contributed by atoms with Crippen molar-refractivity contribution in [1.82, 2.24) is 15.5 Å². The molecule has 2 heterocycles. The van der Waals surface area contributed by atoms with E-state index in [9.17, 15) is 9.59 Å². The topological polar surface area (TPSA) is 61.4 Å². The summed E-state index contributed by atoms with van der Waals surface area (Å²) in [6.07, 6.45) is 3.47. The zero-order valence-corrected chi connectivity index (χ0v) is 18.1. The van der Waals surface area contributed by atoms with Gasteiger partial charge in [0, 0.05) is 19.1 Å². The molecule has 0 radical (unpaired) electrons. The van der Waals surface area contributed by atoms with Gasteiger partial charge in [-0.3, -0.25) is 14.5 Å². The summed E-state index contributed by atoms with van der Waals surface area (Å²) in [5, 5.41) is 7.88. The molecule has 0 spiro atoms. The molecule has 0 saturated carbocycles. The van der Waals surface area contributed by atoms with Crippen molar-refractivity contribution in [3.63, 3.8) is 0 Å². The summed E-state index contributed by atoms with van der Waals surface area (Å²) in [6.45, 7) is 6.49. The van der Waals surface area contributed by atoms with Gasteiger partial charge in [-0.2, -0.15) is 0 Å². The number of thiophene rings is 1. The monoisotopic (exact) mass is 413 g/mol. The molecule has 29 heavy (non-hydrogen) atoms. The van der Waals surface area contributed by atoms with Gasteiger partial charge in [-0.1, -0.05) is 56.7 Å². The van der Waals surface area contributed by atoms with Gasteiger partial charge >= 0.3 is 0 Å². The molecule has 1 aromatic heterocycles. The number of amides is 2. The molecule has 3 rings (SSSR count). The van der Waals surface area contributed by atoms with E-state index in [1.54, 1.807) is 6.07 Å². The summed E-state index contributed by atoms with van der Waals surface area (Å²) < 4.78 is 0. The minimum Gasteiger partial charge on any atom is -0.353 e. The lowest BCUT2D eigenvalue weighted by Gasteiger charge is -2.36. The van der Waals surface area contributed by atoms with Gasteiger partial charge in [-0.05, 0) is 42.3 Å². The maximum absolute atomic E-state index is 12.9. The van der Waals surface area contributed by atoms with Crippen molar-refractivity contribution in [3.05, 3.63) is 58.3 Å². The second-order valence-corrected chi connectivity index (χ2v) is 8.97. The number of piperidine rings is 1. The van der Waals surface area contributed by atoms with E-state index in [4.69, 9.17) is 0 Å². The van der Waals surface area contributed by atoms with Crippen LogP contribution in [0.2, 0.25) is 0 Å². The number of nitrogens with one attached hydrogen (secondary N) is 2. The van der Waals surface area contributed by atoms with Gasteiger partial charge < -0.3 is 10.6 Å². The number of carbonyl (C=O) groups is 2. The summed E-state index contributed by atoms with van der Waals surface area (Å²) in [6, 6.07) is 13.9. The lowest BCUT2D eigenvalue weighted by molar-refractivity contribution is -0.124. The first-order chi connectivity index (χ1) is 14.0. The van der Waals surface area contributed by atoms with Gasteiger partial charge in [-0.15, -0.1) is 11.3 Å². The molecule has 1 aliphatic heterocycles. The van der Waals surface area contributed by atoms with Gasteiger partial charge in [0.05, 0.1) is 4.88 Å². The van der Waals surface area contributed by atoms with Crippen LogP contribution in [-0.2, 0) is 11.3 Å². The highest BCUT2D eigenvalue weighted by molar-refractivity contribution is 7.12. The number of carbonyl (C=O) groups excluding carboxylic acids is 2. The second kappa shape index (κ2) is 10.6. The average Bonchev–Trinajstić information content (AvgIpc) is 3.26. The molecule has 5 nitrogen and oxygen atoms in total. The molecule has 0 bridgehead atoms. The van der Waals surface area contributed by atoms with Crippen LogP contribution in [0.15, 0.2) is 47.8 Å². The number of hydrogen-bond acceptors (Lipinski definition) is 4. The van der Waals surface area contributed by atoms with Gasteiger partial charge in [0.1, 0.15) is 6.04 Å². The molecule has 0 aliphatic carbocycles. The van der Waals surface area contributed by atoms with Gasteiger partial charge in [0.15, 0.2) is 0 Å². The molecule has 2 amide bonds. The smallest absolute Gasteiger partial charge is 0.262 e. The fourth-order valence-electron chi connectivity index (χ4n) is 3.80. The minimum atomic E-state index is -0.532. The van der Waals surface area contributed by atoms with Crippen LogP contribution < -0.4 is 10.6 Å². The maximum atomic E-state index is 12.9. The number of nitrogens with zero attached hydrogens (tertiary/aromatic N) is 1. The Labute approximate surface area is 177 Å². The minimum absolute atomic E-state index is 0.0192. The van der Waals surface area contributed by atoms with E-state index in [-0.39, 0.29) is 17.7 Å². The highest BCUT2D eigenvalue weighted by atomic mass is 32.1. The third kappa shape index (κ3) is 6.15. The van der Waals surface area contributed by atoms with Crippen molar-refractivity contribution in [2.75, 3.05) is 13.1 Å². The zero-order valence-electron chi connectivity index (χ0n) is 17.3. The van der Waals surface area contributed by atoms with Crippen molar-refractivity contribution in [1.29, 1.82) is 0 Å². The van der Waals surface area contributed by atoms with E-state index < -0.39 is 6.04 Å². The van der Waals surface area contributed by atoms with Crippen molar-refractivity contribution in [2.45, 2.75) is 51.7 Å². The molecular weight excluding hydrogens is 382 g/mol. The molecule has 156 valence electrons. The average molecular weight is 414 g/mol. The third-order valence-corrected chi connectivity index (χ3v) is 6.34. The summed E-state index contributed by atoms with van der Waals surface area (Å²) in [4.78, 5) is 28.3. The Morgan fingerprint density at radius 3 is 2.62 bits per heavy atom. The molecule has 1 fully saturated rings. The Balaban J connectivity index is 1.56. The Bertz CT molecular complexity index is 777. The van der Waals surface area contributed by atoms with Crippen LogP contribution in [0.1, 0.15) is 48.3 Å². The van der Waals surface area contributed by atoms with E-state index in [0.29, 0.717) is 17.5 Å². The quantitative estimate of drug-likeness (QED) is 0.694. The van der Waals surface area contributed by atoms with E-state index in [1.165, 1.54) is 29.7 Å². The van der Waals surface area contributed by atoms with Crippen LogP contribution in [0.5, 0.6) is 0 Å². The zero-order chi connectivity index (χ0) is 20.6. The third-order valence-electron chi connectivity index (χ3n) is 5.47. The molecule has 1 aromatic carbocycles. The van der Waals surface area contributed by atoms with Crippen molar-refractivity contribution in [3.8, 4) is 0 Å². The lowest BCUT2D eigenvalue weighted by Crippen LogP contribution is -2.53. The normalized spacial score (nSPS) is 18.4. The molecule has 2 N–H and O–H groups in total. The predicted molar refractivity (Wildman–Crippen MR) is 118 cm³/mol. The highest BCUT2D eigenvalue weighted by Crippen LogP contribution is 2.19. The molecule has 2 atom stereocenters. The van der Waals surface area contributed by atoms with Gasteiger partial charge in [0.25, 0.3) is 5.91 Å². The Morgan fingerprint density at radius 2 is 1.93 bits per heavy atom. The number of likely N-dealkylation sites (tertiary alicyclic amines) is 1. The van der Waals surface area contributed by atoms with E-state index in [2.05, 4.69) is 39.8 Å². The fraction of sp³-hybridized carbons (Fsp3) is 0.478. The van der Waals surface area contributed by atoms with E-state index >= 15 is 0 Å². The van der Waals surface area contributed by atoms with Crippen LogP contribution in [-0.4, -0.2) is 41.9 Å². The van der Waals surface area contributed by atoms with E-state index in [0.717, 1.165) is 19.5 Å². The predicted octanol–water partition coefficient (Wildman–Crippen LogP) is 3.67. The van der Waals surface area contributed by atoms with Crippen LogP contribution in [0.25, 0.3) is 0 Å². The first kappa shape index (κ1) is 21.5. The fourth-order valence-corrected chi connectivity index (χ4v) is 4.43. The van der Waals surface area contributed by atoms with Crippen molar-refractivity contribution >= 4 is 23.2 Å². The van der Waals surface area contributed by atoms with Crippen LogP contribution in [0.3, 0.4) is 0 Å². The van der Waals surface area contributed by atoms with Gasteiger partial charge in [0.2, 0.25) is 5.91 Å². The summed E-state index contributed by atoms with van der Waals surface area (Å²) >= 11 is 1.38. The van der Waals surface area contributed by atoms with Crippen LogP contribution in [0.4, 0.5) is 0 Å². The van der Waals surface area contributed by atoms with E-state index in [1.807, 2.05) is 31.4 Å². The molecule has 2 aromatic rings. The maximum Gasteiger partial charge on any atom is 0.262 e. The molecule has 1 aliphatic rings. The van der Waals surface area contributed by atoms with Crippen molar-refractivity contribution in [2.24, 2.45) is 5.92 Å². The van der Waals surface area contributed by atoms with Crippen LogP contribution >= 0.6 is 11.3 Å². The second-order valence-electron chi connectivity index (χ2n) is 8.02. The lowest BCUT2D eigenvalue weighted by atomic mass is 10.00. The summed E-state index contributed by atoms with van der Waals surface area (Å²) in [7, 11) is 0. The molecular formula is C23H31N3O2S. The Hall–Kier alpha value is -2.18. The first-order valence-corrected chi connectivity index (χ1v) is 11.3. The Kier molecular flexibility index (Phi) is 7.83. The van der Waals surface area contributed by atoms with Gasteiger partial charge in [-0.25, -0.2) is 0 Å². The number of benzene rings is 1. The molecule has 1 saturated heterocycles. The molecule has 0 unspecified atom stereocenters. The summed E-state index contributed by atoms with van der Waals surface area (Å²) in [5.41, 5.74) is 1.30. The number of hydrogen-bond donors (Lipinski definition) is 2. The SMILES string of the molecule is CC(C)[C@@H](NC(=O)c1cccs1)C(=O)NC[C@@H]1CCCCN1Cc1ccccc1. The standard InChI is InChI=1S/C23H31N3O2S/c1-17(2)21(25-22(27)20-12-8-14-29-20)23(28)24-15-19-11-6-7-13-26(19)16-18-9-4-3-5-10-18/h3-5,8-10,12,14,17,19,21H,6-7,11,13,15-16H2,1-2H3,(H,24,28)(H,25,27)/t19-,21+/m0/s1. The highest BCUT2D eigenvalue weighted by Gasteiger charge is 2.27. The summed E-state index contributed by atoms with van der Waals surface area (Å²) in [5.74, 6) is -0.266. The largest absolute Gasteiger partial charge is 0.353 e. The Morgan fingerprint density at radius 1 is 1.14 bits per heavy atom.